The van der Waals surface area contributed by atoms with E-state index in [9.17, 15) is 5.11 Å². The number of nitrogens with one attached hydrogen (secondary N) is 1. The summed E-state index contributed by atoms with van der Waals surface area (Å²) in [7, 11) is 0. The molecule has 0 fully saturated rings. The van der Waals surface area contributed by atoms with E-state index in [4.69, 9.17) is 0 Å². The second-order valence-corrected chi connectivity index (χ2v) is 4.69. The Morgan fingerprint density at radius 3 is 2.73 bits per heavy atom. The first-order chi connectivity index (χ1) is 7.11. The summed E-state index contributed by atoms with van der Waals surface area (Å²) in [6.45, 7) is 4.36. The number of anilines is 1. The van der Waals surface area contributed by atoms with Crippen molar-refractivity contribution in [2.45, 2.75) is 26.3 Å². The zero-order valence-electron chi connectivity index (χ0n) is 8.94. The second-order valence-electron chi connectivity index (χ2n) is 3.88. The number of aliphatic hydroxyl groups excluding tert-OH is 1. The van der Waals surface area contributed by atoms with Crippen LogP contribution in [0.1, 0.15) is 20.3 Å². The Balaban J connectivity index is 2.58. The lowest BCUT2D eigenvalue weighted by Crippen LogP contribution is -2.26. The van der Waals surface area contributed by atoms with Crippen molar-refractivity contribution in [3.05, 3.63) is 17.0 Å². The SMILES string of the molecule is CC(C)CC(CO)Nc1cc(Br)ncn1. The maximum Gasteiger partial charge on any atom is 0.130 e. The lowest BCUT2D eigenvalue weighted by atomic mass is 10.0. The fraction of sp³-hybridized carbons (Fsp3) is 0.600. The van der Waals surface area contributed by atoms with Gasteiger partial charge in [-0.15, -0.1) is 0 Å². The van der Waals surface area contributed by atoms with Crippen LogP contribution in [0.3, 0.4) is 0 Å². The third kappa shape index (κ3) is 4.57. The van der Waals surface area contributed by atoms with E-state index in [1.54, 1.807) is 6.07 Å². The van der Waals surface area contributed by atoms with Crippen molar-refractivity contribution in [3.8, 4) is 0 Å². The molecular weight excluding hydrogens is 258 g/mol. The van der Waals surface area contributed by atoms with Crippen LogP contribution in [-0.2, 0) is 0 Å². The van der Waals surface area contributed by atoms with Crippen molar-refractivity contribution in [3.63, 3.8) is 0 Å². The number of hydrogen-bond donors (Lipinski definition) is 2. The predicted octanol–water partition coefficient (Wildman–Crippen LogP) is 2.06. The summed E-state index contributed by atoms with van der Waals surface area (Å²) in [4.78, 5) is 8.01. The summed E-state index contributed by atoms with van der Waals surface area (Å²) in [6.07, 6.45) is 2.40. The van der Waals surface area contributed by atoms with Gasteiger partial charge in [0.25, 0.3) is 0 Å². The van der Waals surface area contributed by atoms with E-state index >= 15 is 0 Å². The summed E-state index contributed by atoms with van der Waals surface area (Å²) in [5.74, 6) is 1.27. The third-order valence-electron chi connectivity index (χ3n) is 1.96. The van der Waals surface area contributed by atoms with Gasteiger partial charge in [-0.1, -0.05) is 13.8 Å². The van der Waals surface area contributed by atoms with Crippen LogP contribution in [0.5, 0.6) is 0 Å². The number of nitrogens with zero attached hydrogens (tertiary/aromatic N) is 2. The summed E-state index contributed by atoms with van der Waals surface area (Å²) < 4.78 is 0.737. The van der Waals surface area contributed by atoms with E-state index < -0.39 is 0 Å². The lowest BCUT2D eigenvalue weighted by Gasteiger charge is -2.18. The molecule has 0 bridgehead atoms. The van der Waals surface area contributed by atoms with Gasteiger partial charge in [-0.25, -0.2) is 9.97 Å². The van der Waals surface area contributed by atoms with Gasteiger partial charge < -0.3 is 10.4 Å². The number of aliphatic hydroxyl groups is 1. The molecule has 1 unspecified atom stereocenters. The molecule has 4 nitrogen and oxygen atoms in total. The Morgan fingerprint density at radius 2 is 2.20 bits per heavy atom. The Labute approximate surface area is 98.3 Å². The zero-order valence-corrected chi connectivity index (χ0v) is 10.5. The minimum absolute atomic E-state index is 0.0480. The minimum Gasteiger partial charge on any atom is -0.394 e. The molecule has 5 heteroatoms. The highest BCUT2D eigenvalue weighted by Gasteiger charge is 2.10. The molecule has 0 saturated carbocycles. The van der Waals surface area contributed by atoms with E-state index in [1.807, 2.05) is 0 Å². The molecule has 15 heavy (non-hydrogen) atoms. The fourth-order valence-electron chi connectivity index (χ4n) is 1.37. The Kier molecular flexibility index (Phi) is 4.98. The Hall–Kier alpha value is -0.680. The summed E-state index contributed by atoms with van der Waals surface area (Å²) in [5, 5.41) is 12.4. The minimum atomic E-state index is 0.0480. The van der Waals surface area contributed by atoms with E-state index in [0.29, 0.717) is 5.92 Å². The van der Waals surface area contributed by atoms with Gasteiger partial charge in [-0.2, -0.15) is 0 Å². The average Bonchev–Trinajstić information content (AvgIpc) is 2.16. The molecule has 0 aliphatic heterocycles. The molecule has 1 atom stereocenters. The molecule has 0 radical (unpaired) electrons. The smallest absolute Gasteiger partial charge is 0.130 e. The molecule has 0 amide bonds. The van der Waals surface area contributed by atoms with Crippen LogP contribution in [0.4, 0.5) is 5.82 Å². The van der Waals surface area contributed by atoms with Gasteiger partial charge in [0.15, 0.2) is 0 Å². The van der Waals surface area contributed by atoms with Crippen LogP contribution in [-0.4, -0.2) is 27.7 Å². The van der Waals surface area contributed by atoms with Crippen molar-refractivity contribution in [2.75, 3.05) is 11.9 Å². The number of halogens is 1. The predicted molar refractivity (Wildman–Crippen MR) is 63.7 cm³/mol. The maximum atomic E-state index is 9.19. The first kappa shape index (κ1) is 12.4. The van der Waals surface area contributed by atoms with Crippen molar-refractivity contribution < 1.29 is 5.11 Å². The van der Waals surface area contributed by atoms with Gasteiger partial charge in [0.2, 0.25) is 0 Å². The van der Waals surface area contributed by atoms with Gasteiger partial charge in [0.05, 0.1) is 12.6 Å². The number of hydrogen-bond acceptors (Lipinski definition) is 4. The third-order valence-corrected chi connectivity index (χ3v) is 2.40. The topological polar surface area (TPSA) is 58.0 Å². The van der Waals surface area contributed by atoms with Crippen LogP contribution < -0.4 is 5.32 Å². The standard InChI is InChI=1S/C10H16BrN3O/c1-7(2)3-8(5-15)14-10-4-9(11)12-6-13-10/h4,6-8,15H,3,5H2,1-2H3,(H,12,13,14). The van der Waals surface area contributed by atoms with Crippen LogP contribution in [0.15, 0.2) is 17.0 Å². The largest absolute Gasteiger partial charge is 0.394 e. The van der Waals surface area contributed by atoms with Crippen LogP contribution in [0, 0.1) is 5.92 Å². The van der Waals surface area contributed by atoms with Gasteiger partial charge >= 0.3 is 0 Å². The first-order valence-corrected chi connectivity index (χ1v) is 5.76. The quantitative estimate of drug-likeness (QED) is 0.807. The molecule has 1 rings (SSSR count). The van der Waals surface area contributed by atoms with Crippen LogP contribution in [0.2, 0.25) is 0 Å². The fourth-order valence-corrected chi connectivity index (χ4v) is 1.68. The maximum absolute atomic E-state index is 9.19. The molecule has 0 saturated heterocycles. The highest BCUT2D eigenvalue weighted by atomic mass is 79.9. The van der Waals surface area contributed by atoms with Crippen molar-refractivity contribution in [1.29, 1.82) is 0 Å². The van der Waals surface area contributed by atoms with Gasteiger partial charge in [0.1, 0.15) is 16.7 Å². The van der Waals surface area contributed by atoms with Crippen molar-refractivity contribution >= 4 is 21.7 Å². The molecule has 0 aliphatic rings. The van der Waals surface area contributed by atoms with E-state index in [-0.39, 0.29) is 12.6 Å². The van der Waals surface area contributed by atoms with E-state index in [2.05, 4.69) is 45.1 Å². The van der Waals surface area contributed by atoms with Gasteiger partial charge in [0, 0.05) is 6.07 Å². The van der Waals surface area contributed by atoms with Crippen molar-refractivity contribution in [2.24, 2.45) is 5.92 Å². The highest BCUT2D eigenvalue weighted by molar-refractivity contribution is 9.10. The molecule has 0 spiro atoms. The lowest BCUT2D eigenvalue weighted by molar-refractivity contribution is 0.259. The van der Waals surface area contributed by atoms with Gasteiger partial charge in [-0.3, -0.25) is 0 Å². The molecule has 1 heterocycles. The zero-order chi connectivity index (χ0) is 11.3. The molecule has 0 aromatic carbocycles. The average molecular weight is 274 g/mol. The van der Waals surface area contributed by atoms with Crippen molar-refractivity contribution in [1.82, 2.24) is 9.97 Å². The van der Waals surface area contributed by atoms with Gasteiger partial charge in [-0.05, 0) is 28.3 Å². The molecule has 0 aliphatic carbocycles. The van der Waals surface area contributed by atoms with Crippen LogP contribution in [0.25, 0.3) is 0 Å². The molecule has 2 N–H and O–H groups in total. The highest BCUT2D eigenvalue weighted by Crippen LogP contribution is 2.13. The Morgan fingerprint density at radius 1 is 1.47 bits per heavy atom. The Bertz CT molecular complexity index is 306. The molecular formula is C10H16BrN3O. The summed E-state index contributed by atoms with van der Waals surface area (Å²) in [6, 6.07) is 1.84. The van der Waals surface area contributed by atoms with E-state index in [0.717, 1.165) is 16.8 Å². The monoisotopic (exact) mass is 273 g/mol. The summed E-state index contributed by atoms with van der Waals surface area (Å²) in [5.41, 5.74) is 0. The summed E-state index contributed by atoms with van der Waals surface area (Å²) >= 11 is 3.27. The molecule has 1 aromatic heterocycles. The molecule has 1 aromatic rings. The second kappa shape index (κ2) is 6.02. The first-order valence-electron chi connectivity index (χ1n) is 4.96. The van der Waals surface area contributed by atoms with E-state index in [1.165, 1.54) is 6.33 Å². The number of aromatic nitrogens is 2. The van der Waals surface area contributed by atoms with Crippen LogP contribution >= 0.6 is 15.9 Å². The number of rotatable bonds is 5. The normalized spacial score (nSPS) is 12.9. The molecule has 84 valence electrons.